The minimum Gasteiger partial charge on any atom is -0.354 e. The van der Waals surface area contributed by atoms with Crippen LogP contribution in [0.15, 0.2) is 0 Å². The SMILES string of the molecule is CC1(CNC(=O)C2(N)CCCC2)CCNCC1. The van der Waals surface area contributed by atoms with Crippen molar-refractivity contribution in [1.29, 1.82) is 0 Å². The highest BCUT2D eigenvalue weighted by molar-refractivity contribution is 5.86. The van der Waals surface area contributed by atoms with Crippen LogP contribution in [0.5, 0.6) is 0 Å². The van der Waals surface area contributed by atoms with Crippen molar-refractivity contribution < 1.29 is 4.79 Å². The van der Waals surface area contributed by atoms with Gasteiger partial charge in [0.25, 0.3) is 0 Å². The van der Waals surface area contributed by atoms with Crippen LogP contribution in [0.3, 0.4) is 0 Å². The topological polar surface area (TPSA) is 67.2 Å². The van der Waals surface area contributed by atoms with Gasteiger partial charge in [0.05, 0.1) is 5.54 Å². The van der Waals surface area contributed by atoms with Crippen molar-refractivity contribution in [2.75, 3.05) is 19.6 Å². The third-order valence-electron chi connectivity index (χ3n) is 4.43. The van der Waals surface area contributed by atoms with Gasteiger partial charge in [-0.2, -0.15) is 0 Å². The number of piperidine rings is 1. The summed E-state index contributed by atoms with van der Waals surface area (Å²) in [5.41, 5.74) is 5.80. The molecule has 2 rings (SSSR count). The Hall–Kier alpha value is -0.610. The minimum atomic E-state index is -0.580. The molecule has 4 heteroatoms. The van der Waals surface area contributed by atoms with Gasteiger partial charge in [0.1, 0.15) is 0 Å². The second kappa shape index (κ2) is 4.94. The van der Waals surface area contributed by atoms with Crippen molar-refractivity contribution in [2.45, 2.75) is 51.0 Å². The van der Waals surface area contributed by atoms with E-state index in [4.69, 9.17) is 5.73 Å². The van der Waals surface area contributed by atoms with Crippen LogP contribution >= 0.6 is 0 Å². The van der Waals surface area contributed by atoms with Crippen LogP contribution in [0, 0.1) is 5.41 Å². The lowest BCUT2D eigenvalue weighted by atomic mass is 9.81. The molecule has 4 nitrogen and oxygen atoms in total. The molecule has 1 aliphatic heterocycles. The predicted octanol–water partition coefficient (Wildman–Crippen LogP) is 0.764. The number of hydrogen-bond donors (Lipinski definition) is 3. The van der Waals surface area contributed by atoms with E-state index in [0.717, 1.165) is 58.2 Å². The first-order chi connectivity index (χ1) is 8.04. The molecule has 1 aliphatic carbocycles. The van der Waals surface area contributed by atoms with Gasteiger partial charge in [0, 0.05) is 6.54 Å². The molecular weight excluding hydrogens is 214 g/mol. The normalized spacial score (nSPS) is 26.7. The van der Waals surface area contributed by atoms with E-state index in [1.165, 1.54) is 0 Å². The van der Waals surface area contributed by atoms with Crippen LogP contribution in [-0.4, -0.2) is 31.1 Å². The highest BCUT2D eigenvalue weighted by Gasteiger charge is 2.38. The summed E-state index contributed by atoms with van der Waals surface area (Å²) in [5, 5.41) is 6.44. The van der Waals surface area contributed by atoms with Gasteiger partial charge >= 0.3 is 0 Å². The summed E-state index contributed by atoms with van der Waals surface area (Å²) < 4.78 is 0. The lowest BCUT2D eigenvalue weighted by Gasteiger charge is -2.35. The van der Waals surface area contributed by atoms with Gasteiger partial charge in [-0.05, 0) is 44.2 Å². The third-order valence-corrected chi connectivity index (χ3v) is 4.43. The van der Waals surface area contributed by atoms with Crippen LogP contribution in [0.2, 0.25) is 0 Å². The number of carbonyl (C=O) groups is 1. The van der Waals surface area contributed by atoms with Crippen LogP contribution < -0.4 is 16.4 Å². The Balaban J connectivity index is 1.83. The van der Waals surface area contributed by atoms with E-state index in [1.54, 1.807) is 0 Å². The van der Waals surface area contributed by atoms with Gasteiger partial charge in [-0.15, -0.1) is 0 Å². The van der Waals surface area contributed by atoms with Gasteiger partial charge in [-0.1, -0.05) is 19.8 Å². The molecule has 1 heterocycles. The molecule has 17 heavy (non-hydrogen) atoms. The number of rotatable bonds is 3. The monoisotopic (exact) mass is 239 g/mol. The smallest absolute Gasteiger partial charge is 0.240 e. The molecule has 1 amide bonds. The van der Waals surface area contributed by atoms with Gasteiger partial charge in [0.15, 0.2) is 0 Å². The Morgan fingerprint density at radius 2 is 1.82 bits per heavy atom. The molecule has 0 aromatic heterocycles. The maximum Gasteiger partial charge on any atom is 0.240 e. The molecule has 2 aliphatic rings. The molecule has 1 saturated carbocycles. The van der Waals surface area contributed by atoms with Crippen molar-refractivity contribution in [1.82, 2.24) is 10.6 Å². The molecule has 4 N–H and O–H groups in total. The predicted molar refractivity (Wildman–Crippen MR) is 68.6 cm³/mol. The molecule has 0 unspecified atom stereocenters. The molecule has 0 atom stereocenters. The first kappa shape index (κ1) is 12.8. The average Bonchev–Trinajstić information content (AvgIpc) is 2.75. The Kier molecular flexibility index (Phi) is 3.73. The molecule has 0 aromatic rings. The Morgan fingerprint density at radius 1 is 1.24 bits per heavy atom. The molecule has 0 aromatic carbocycles. The number of amides is 1. The maximum absolute atomic E-state index is 12.1. The van der Waals surface area contributed by atoms with Gasteiger partial charge in [-0.3, -0.25) is 4.79 Å². The first-order valence-corrected chi connectivity index (χ1v) is 6.82. The fourth-order valence-corrected chi connectivity index (χ4v) is 2.91. The summed E-state index contributed by atoms with van der Waals surface area (Å²) >= 11 is 0. The van der Waals surface area contributed by atoms with Crippen molar-refractivity contribution in [2.24, 2.45) is 11.1 Å². The lowest BCUT2D eigenvalue weighted by molar-refractivity contribution is -0.126. The highest BCUT2D eigenvalue weighted by atomic mass is 16.2. The molecule has 98 valence electrons. The van der Waals surface area contributed by atoms with Crippen molar-refractivity contribution >= 4 is 5.91 Å². The number of nitrogens with two attached hydrogens (primary N) is 1. The molecule has 0 spiro atoms. The molecular formula is C13H25N3O. The minimum absolute atomic E-state index is 0.0646. The summed E-state index contributed by atoms with van der Waals surface area (Å²) in [5.74, 6) is 0.0646. The first-order valence-electron chi connectivity index (χ1n) is 6.82. The summed E-state index contributed by atoms with van der Waals surface area (Å²) in [6, 6.07) is 0. The summed E-state index contributed by atoms with van der Waals surface area (Å²) in [7, 11) is 0. The zero-order chi connectivity index (χ0) is 12.4. The van der Waals surface area contributed by atoms with Crippen LogP contribution in [0.1, 0.15) is 45.4 Å². The van der Waals surface area contributed by atoms with Crippen molar-refractivity contribution in [3.05, 3.63) is 0 Å². The molecule has 2 fully saturated rings. The molecule has 0 bridgehead atoms. The fraction of sp³-hybridized carbons (Fsp3) is 0.923. The van der Waals surface area contributed by atoms with Crippen LogP contribution in [0.4, 0.5) is 0 Å². The third kappa shape index (κ3) is 2.99. The fourth-order valence-electron chi connectivity index (χ4n) is 2.91. The number of carbonyl (C=O) groups excluding carboxylic acids is 1. The van der Waals surface area contributed by atoms with E-state index in [1.807, 2.05) is 0 Å². The Morgan fingerprint density at radius 3 is 2.41 bits per heavy atom. The Bertz CT molecular complexity index is 278. The Labute approximate surface area is 104 Å². The summed E-state index contributed by atoms with van der Waals surface area (Å²) in [6.07, 6.45) is 6.13. The van der Waals surface area contributed by atoms with E-state index in [9.17, 15) is 4.79 Å². The summed E-state index contributed by atoms with van der Waals surface area (Å²) in [6.45, 7) is 5.14. The van der Waals surface area contributed by atoms with Gasteiger partial charge in [-0.25, -0.2) is 0 Å². The van der Waals surface area contributed by atoms with E-state index in [-0.39, 0.29) is 11.3 Å². The van der Waals surface area contributed by atoms with Crippen LogP contribution in [-0.2, 0) is 4.79 Å². The summed E-state index contributed by atoms with van der Waals surface area (Å²) in [4.78, 5) is 12.1. The van der Waals surface area contributed by atoms with E-state index in [0.29, 0.717) is 0 Å². The van der Waals surface area contributed by atoms with E-state index >= 15 is 0 Å². The van der Waals surface area contributed by atoms with Gasteiger partial charge in [0.2, 0.25) is 5.91 Å². The lowest BCUT2D eigenvalue weighted by Crippen LogP contribution is -2.54. The highest BCUT2D eigenvalue weighted by Crippen LogP contribution is 2.29. The van der Waals surface area contributed by atoms with Crippen LogP contribution in [0.25, 0.3) is 0 Å². The largest absolute Gasteiger partial charge is 0.354 e. The average molecular weight is 239 g/mol. The molecule has 0 radical (unpaired) electrons. The number of hydrogen-bond acceptors (Lipinski definition) is 3. The zero-order valence-corrected chi connectivity index (χ0v) is 10.8. The second-order valence-electron chi connectivity index (χ2n) is 6.11. The van der Waals surface area contributed by atoms with Crippen molar-refractivity contribution in [3.8, 4) is 0 Å². The zero-order valence-electron chi connectivity index (χ0n) is 10.8. The quantitative estimate of drug-likeness (QED) is 0.681. The van der Waals surface area contributed by atoms with E-state index < -0.39 is 5.54 Å². The molecule has 1 saturated heterocycles. The maximum atomic E-state index is 12.1. The van der Waals surface area contributed by atoms with Crippen molar-refractivity contribution in [3.63, 3.8) is 0 Å². The van der Waals surface area contributed by atoms with E-state index in [2.05, 4.69) is 17.6 Å². The number of nitrogens with one attached hydrogen (secondary N) is 2. The standard InChI is InChI=1S/C13H25N3O/c1-12(6-8-15-9-7-12)10-16-11(17)13(14)4-2-3-5-13/h15H,2-10,14H2,1H3,(H,16,17). The second-order valence-corrected chi connectivity index (χ2v) is 6.11. The van der Waals surface area contributed by atoms with Gasteiger partial charge < -0.3 is 16.4 Å².